The summed E-state index contributed by atoms with van der Waals surface area (Å²) < 4.78 is 0. The zero-order chi connectivity index (χ0) is 9.80. The molecule has 0 spiro atoms. The standard InChI is InChI=1S/C12H19NS/c1-2-3-7-13-8-4-5-12(13)11-6-9-14-10-11/h6,9-10,12H,2-5,7-8H2,1H3. The van der Waals surface area contributed by atoms with Gasteiger partial charge in [0.15, 0.2) is 0 Å². The number of hydrogen-bond acceptors (Lipinski definition) is 2. The van der Waals surface area contributed by atoms with E-state index in [0.717, 1.165) is 6.04 Å². The van der Waals surface area contributed by atoms with Crippen LogP contribution in [0.3, 0.4) is 0 Å². The lowest BCUT2D eigenvalue weighted by Crippen LogP contribution is -2.23. The molecule has 0 aromatic carbocycles. The maximum absolute atomic E-state index is 2.66. The molecule has 1 aromatic heterocycles. The molecular formula is C12H19NS. The second-order valence-electron chi connectivity index (χ2n) is 4.10. The fraction of sp³-hybridized carbons (Fsp3) is 0.667. The molecule has 1 atom stereocenters. The summed E-state index contributed by atoms with van der Waals surface area (Å²) in [6, 6.07) is 3.02. The molecule has 0 amide bonds. The second kappa shape index (κ2) is 4.94. The van der Waals surface area contributed by atoms with E-state index in [9.17, 15) is 0 Å². The Labute approximate surface area is 90.7 Å². The largest absolute Gasteiger partial charge is 0.296 e. The van der Waals surface area contributed by atoms with Crippen molar-refractivity contribution in [2.24, 2.45) is 0 Å². The van der Waals surface area contributed by atoms with Gasteiger partial charge in [0.05, 0.1) is 0 Å². The van der Waals surface area contributed by atoms with Crippen molar-refractivity contribution in [3.05, 3.63) is 22.4 Å². The Bertz CT molecular complexity index is 255. The van der Waals surface area contributed by atoms with Gasteiger partial charge in [0.25, 0.3) is 0 Å². The van der Waals surface area contributed by atoms with Gasteiger partial charge < -0.3 is 0 Å². The first-order valence-electron chi connectivity index (χ1n) is 5.68. The van der Waals surface area contributed by atoms with Crippen molar-refractivity contribution < 1.29 is 0 Å². The summed E-state index contributed by atoms with van der Waals surface area (Å²) >= 11 is 1.83. The van der Waals surface area contributed by atoms with Crippen LogP contribution in [0.1, 0.15) is 44.2 Å². The molecule has 1 saturated heterocycles. The minimum atomic E-state index is 0.729. The third-order valence-corrected chi connectivity index (χ3v) is 3.79. The molecule has 1 aromatic rings. The van der Waals surface area contributed by atoms with Crippen molar-refractivity contribution in [1.82, 2.24) is 4.90 Å². The molecule has 1 unspecified atom stereocenters. The monoisotopic (exact) mass is 209 g/mol. The number of rotatable bonds is 4. The third-order valence-electron chi connectivity index (χ3n) is 3.09. The molecule has 0 bridgehead atoms. The molecule has 78 valence electrons. The van der Waals surface area contributed by atoms with Gasteiger partial charge in [-0.2, -0.15) is 11.3 Å². The van der Waals surface area contributed by atoms with Gasteiger partial charge >= 0.3 is 0 Å². The van der Waals surface area contributed by atoms with Crippen molar-refractivity contribution in [3.63, 3.8) is 0 Å². The maximum atomic E-state index is 2.66. The van der Waals surface area contributed by atoms with E-state index >= 15 is 0 Å². The van der Waals surface area contributed by atoms with E-state index < -0.39 is 0 Å². The summed E-state index contributed by atoms with van der Waals surface area (Å²) in [5.41, 5.74) is 1.55. The molecule has 2 rings (SSSR count). The normalized spacial score (nSPS) is 23.1. The first-order valence-corrected chi connectivity index (χ1v) is 6.62. The summed E-state index contributed by atoms with van der Waals surface area (Å²) in [4.78, 5) is 2.66. The summed E-state index contributed by atoms with van der Waals surface area (Å²) in [5, 5.41) is 4.51. The summed E-state index contributed by atoms with van der Waals surface area (Å²) in [6.45, 7) is 4.87. The van der Waals surface area contributed by atoms with E-state index in [4.69, 9.17) is 0 Å². The van der Waals surface area contributed by atoms with E-state index in [2.05, 4.69) is 28.7 Å². The van der Waals surface area contributed by atoms with Crippen molar-refractivity contribution in [1.29, 1.82) is 0 Å². The Balaban J connectivity index is 1.97. The summed E-state index contributed by atoms with van der Waals surface area (Å²) in [7, 11) is 0. The highest BCUT2D eigenvalue weighted by Gasteiger charge is 2.25. The van der Waals surface area contributed by atoms with Crippen LogP contribution in [-0.2, 0) is 0 Å². The molecule has 1 nitrogen and oxygen atoms in total. The van der Waals surface area contributed by atoms with Crippen LogP contribution < -0.4 is 0 Å². The molecule has 1 aliphatic rings. The van der Waals surface area contributed by atoms with Gasteiger partial charge in [-0.05, 0) is 54.7 Å². The van der Waals surface area contributed by atoms with Crippen molar-refractivity contribution in [3.8, 4) is 0 Å². The number of nitrogens with zero attached hydrogens (tertiary/aromatic N) is 1. The highest BCUT2D eigenvalue weighted by atomic mass is 32.1. The Morgan fingerprint density at radius 1 is 1.57 bits per heavy atom. The van der Waals surface area contributed by atoms with Crippen LogP contribution in [0.25, 0.3) is 0 Å². The van der Waals surface area contributed by atoms with E-state index in [0.29, 0.717) is 0 Å². The van der Waals surface area contributed by atoms with E-state index in [1.165, 1.54) is 38.8 Å². The molecule has 2 heteroatoms. The fourth-order valence-corrected chi connectivity index (χ4v) is 3.00. The number of likely N-dealkylation sites (tertiary alicyclic amines) is 1. The quantitative estimate of drug-likeness (QED) is 0.731. The molecule has 0 aliphatic carbocycles. The minimum absolute atomic E-state index is 0.729. The molecule has 0 radical (unpaired) electrons. The first kappa shape index (κ1) is 10.2. The van der Waals surface area contributed by atoms with Gasteiger partial charge in [0.1, 0.15) is 0 Å². The Hall–Kier alpha value is -0.340. The fourth-order valence-electron chi connectivity index (χ4n) is 2.30. The lowest BCUT2D eigenvalue weighted by atomic mass is 10.1. The van der Waals surface area contributed by atoms with Gasteiger partial charge in [-0.3, -0.25) is 4.90 Å². The first-order chi connectivity index (χ1) is 6.92. The van der Waals surface area contributed by atoms with Crippen molar-refractivity contribution in [2.75, 3.05) is 13.1 Å². The zero-order valence-electron chi connectivity index (χ0n) is 8.91. The van der Waals surface area contributed by atoms with E-state index in [1.54, 1.807) is 5.56 Å². The van der Waals surface area contributed by atoms with Crippen LogP contribution in [0.2, 0.25) is 0 Å². The summed E-state index contributed by atoms with van der Waals surface area (Å²) in [5.74, 6) is 0. The Morgan fingerprint density at radius 3 is 3.21 bits per heavy atom. The Morgan fingerprint density at radius 2 is 2.50 bits per heavy atom. The molecular weight excluding hydrogens is 190 g/mol. The number of hydrogen-bond donors (Lipinski definition) is 0. The highest BCUT2D eigenvalue weighted by Crippen LogP contribution is 2.32. The molecule has 0 saturated carbocycles. The van der Waals surface area contributed by atoms with Gasteiger partial charge in [-0.15, -0.1) is 0 Å². The van der Waals surface area contributed by atoms with Gasteiger partial charge in [-0.25, -0.2) is 0 Å². The molecule has 14 heavy (non-hydrogen) atoms. The molecule has 2 heterocycles. The average Bonchev–Trinajstić information content (AvgIpc) is 2.84. The minimum Gasteiger partial charge on any atom is -0.296 e. The topological polar surface area (TPSA) is 3.24 Å². The molecule has 0 N–H and O–H groups in total. The van der Waals surface area contributed by atoms with Crippen molar-refractivity contribution in [2.45, 2.75) is 38.6 Å². The predicted octanol–water partition coefficient (Wildman–Crippen LogP) is 3.69. The van der Waals surface area contributed by atoms with Crippen LogP contribution in [-0.4, -0.2) is 18.0 Å². The highest BCUT2D eigenvalue weighted by molar-refractivity contribution is 7.07. The average molecular weight is 209 g/mol. The molecule has 1 aliphatic heterocycles. The van der Waals surface area contributed by atoms with Gasteiger partial charge in [-0.1, -0.05) is 13.3 Å². The van der Waals surface area contributed by atoms with Crippen LogP contribution in [0, 0.1) is 0 Å². The van der Waals surface area contributed by atoms with Crippen LogP contribution in [0.15, 0.2) is 16.8 Å². The van der Waals surface area contributed by atoms with Gasteiger partial charge in [0.2, 0.25) is 0 Å². The lowest BCUT2D eigenvalue weighted by Gasteiger charge is -2.23. The van der Waals surface area contributed by atoms with Gasteiger partial charge in [0, 0.05) is 6.04 Å². The zero-order valence-corrected chi connectivity index (χ0v) is 9.72. The molecule has 1 fully saturated rings. The van der Waals surface area contributed by atoms with Crippen molar-refractivity contribution >= 4 is 11.3 Å². The van der Waals surface area contributed by atoms with E-state index in [1.807, 2.05) is 11.3 Å². The van der Waals surface area contributed by atoms with Crippen LogP contribution in [0.5, 0.6) is 0 Å². The van der Waals surface area contributed by atoms with E-state index in [-0.39, 0.29) is 0 Å². The van der Waals surface area contributed by atoms with Crippen LogP contribution in [0.4, 0.5) is 0 Å². The number of thiophene rings is 1. The maximum Gasteiger partial charge on any atom is 0.0356 e. The summed E-state index contributed by atoms with van der Waals surface area (Å²) in [6.07, 6.45) is 5.40. The number of unbranched alkanes of at least 4 members (excludes halogenated alkanes) is 1. The third kappa shape index (κ3) is 2.18. The second-order valence-corrected chi connectivity index (χ2v) is 4.88. The Kier molecular flexibility index (Phi) is 3.60. The smallest absolute Gasteiger partial charge is 0.0356 e. The lowest BCUT2D eigenvalue weighted by molar-refractivity contribution is 0.253. The van der Waals surface area contributed by atoms with Crippen LogP contribution >= 0.6 is 11.3 Å². The predicted molar refractivity (Wildman–Crippen MR) is 62.8 cm³/mol. The SMILES string of the molecule is CCCCN1CCCC1c1ccsc1.